The second-order valence-electron chi connectivity index (χ2n) is 6.17. The molecule has 0 fully saturated rings. The zero-order chi connectivity index (χ0) is 20.3. The van der Waals surface area contributed by atoms with Crippen LogP contribution in [0.2, 0.25) is 5.15 Å². The highest BCUT2D eigenvalue weighted by Crippen LogP contribution is 2.36. The van der Waals surface area contributed by atoms with Crippen molar-refractivity contribution in [2.45, 2.75) is 26.4 Å². The van der Waals surface area contributed by atoms with E-state index in [0.29, 0.717) is 5.56 Å². The van der Waals surface area contributed by atoms with Gasteiger partial charge in [0.05, 0.1) is 4.88 Å². The molecule has 3 aromatic rings. The number of aromatic nitrogens is 1. The Bertz CT molecular complexity index is 999. The average molecular weight is 424 g/mol. The first kappa shape index (κ1) is 20.2. The number of ether oxygens (including phenoxy) is 1. The Morgan fingerprint density at radius 3 is 2.57 bits per heavy atom. The largest absolute Gasteiger partial charge is 0.483 e. The number of hydrogen-bond acceptors (Lipinski definition) is 4. The first-order valence-electron chi connectivity index (χ1n) is 8.39. The number of carboxylic acid groups (broad SMARTS) is 1. The molecule has 146 valence electrons. The van der Waals surface area contributed by atoms with Gasteiger partial charge < -0.3 is 9.84 Å². The third-order valence-electron chi connectivity index (χ3n) is 4.18. The van der Waals surface area contributed by atoms with Crippen LogP contribution in [-0.2, 0) is 17.8 Å². The van der Waals surface area contributed by atoms with Crippen molar-refractivity contribution in [3.05, 3.63) is 69.9 Å². The fourth-order valence-corrected chi connectivity index (χ4v) is 3.93. The molecule has 0 bridgehead atoms. The van der Waals surface area contributed by atoms with Crippen molar-refractivity contribution in [1.82, 2.24) is 4.37 Å². The predicted octanol–water partition coefficient (Wildman–Crippen LogP) is 5.65. The van der Waals surface area contributed by atoms with Crippen LogP contribution in [0.25, 0.3) is 10.4 Å². The van der Waals surface area contributed by atoms with E-state index in [1.807, 2.05) is 31.2 Å². The van der Waals surface area contributed by atoms with Gasteiger partial charge in [0, 0.05) is 12.0 Å². The molecule has 8 heteroatoms. The Labute approximate surface area is 169 Å². The lowest BCUT2D eigenvalue weighted by Crippen LogP contribution is -2.03. The van der Waals surface area contributed by atoms with Crippen LogP contribution in [0.15, 0.2) is 36.4 Å². The van der Waals surface area contributed by atoms with Crippen LogP contribution in [0.1, 0.15) is 23.1 Å². The molecule has 0 unspecified atom stereocenters. The molecule has 0 radical (unpaired) electrons. The van der Waals surface area contributed by atoms with E-state index in [1.54, 1.807) is 0 Å². The Balaban J connectivity index is 1.83. The van der Waals surface area contributed by atoms with Crippen molar-refractivity contribution in [3.8, 4) is 16.2 Å². The molecule has 1 N–H and O–H groups in total. The van der Waals surface area contributed by atoms with Gasteiger partial charge in [0.15, 0.2) is 17.4 Å². The number of hydrogen-bond donors (Lipinski definition) is 1. The minimum Gasteiger partial charge on any atom is -0.483 e. The number of aryl methyl sites for hydroxylation is 2. The van der Waals surface area contributed by atoms with Gasteiger partial charge in [0.1, 0.15) is 11.8 Å². The van der Waals surface area contributed by atoms with Crippen LogP contribution in [-0.4, -0.2) is 15.4 Å². The molecule has 4 nitrogen and oxygen atoms in total. The van der Waals surface area contributed by atoms with Gasteiger partial charge in [-0.1, -0.05) is 35.9 Å². The predicted molar refractivity (Wildman–Crippen MR) is 104 cm³/mol. The Morgan fingerprint density at radius 1 is 1.25 bits per heavy atom. The first-order valence-corrected chi connectivity index (χ1v) is 9.54. The molecule has 2 aromatic carbocycles. The van der Waals surface area contributed by atoms with Crippen LogP contribution >= 0.6 is 23.1 Å². The molecule has 28 heavy (non-hydrogen) atoms. The summed E-state index contributed by atoms with van der Waals surface area (Å²) in [5.74, 6) is -3.35. The van der Waals surface area contributed by atoms with E-state index in [0.717, 1.165) is 28.1 Å². The number of rotatable bonds is 7. The molecule has 0 atom stereocenters. The third kappa shape index (κ3) is 4.48. The molecule has 1 aromatic heterocycles. The van der Waals surface area contributed by atoms with Crippen LogP contribution in [0.3, 0.4) is 0 Å². The summed E-state index contributed by atoms with van der Waals surface area (Å²) in [6, 6.07) is 9.82. The zero-order valence-electron chi connectivity index (χ0n) is 14.8. The van der Waals surface area contributed by atoms with Gasteiger partial charge in [-0.2, -0.15) is 4.37 Å². The van der Waals surface area contributed by atoms with E-state index < -0.39 is 23.4 Å². The van der Waals surface area contributed by atoms with Gasteiger partial charge in [0.25, 0.3) is 0 Å². The molecule has 0 spiro atoms. The second kappa shape index (κ2) is 8.67. The van der Waals surface area contributed by atoms with Crippen LogP contribution in [0, 0.1) is 18.6 Å². The van der Waals surface area contributed by atoms with E-state index in [2.05, 4.69) is 4.37 Å². The van der Waals surface area contributed by atoms with Gasteiger partial charge in [-0.15, -0.1) is 0 Å². The maximum Gasteiger partial charge on any atom is 0.303 e. The molecule has 0 aliphatic heterocycles. The van der Waals surface area contributed by atoms with Crippen molar-refractivity contribution in [1.29, 1.82) is 0 Å². The smallest absolute Gasteiger partial charge is 0.303 e. The lowest BCUT2D eigenvalue weighted by atomic mass is 10.1. The normalized spacial score (nSPS) is 10.9. The van der Waals surface area contributed by atoms with Gasteiger partial charge >= 0.3 is 5.97 Å². The van der Waals surface area contributed by atoms with Crippen molar-refractivity contribution in [2.75, 3.05) is 0 Å². The summed E-state index contributed by atoms with van der Waals surface area (Å²) in [5, 5.41) is 8.92. The lowest BCUT2D eigenvalue weighted by molar-refractivity contribution is -0.136. The third-order valence-corrected chi connectivity index (χ3v) is 5.51. The number of halogens is 3. The summed E-state index contributed by atoms with van der Waals surface area (Å²) in [7, 11) is 0. The number of carbonyl (C=O) groups is 1. The van der Waals surface area contributed by atoms with E-state index >= 15 is 0 Å². The van der Waals surface area contributed by atoms with Crippen molar-refractivity contribution < 1.29 is 23.4 Å². The number of nitrogens with zero attached hydrogens (tertiary/aromatic N) is 1. The van der Waals surface area contributed by atoms with Gasteiger partial charge in [-0.05, 0) is 53.7 Å². The first-order chi connectivity index (χ1) is 13.4. The monoisotopic (exact) mass is 423 g/mol. The molecule has 0 aliphatic carbocycles. The Morgan fingerprint density at radius 2 is 1.93 bits per heavy atom. The molecular weight excluding hydrogens is 408 g/mol. The molecule has 0 saturated heterocycles. The molecule has 0 saturated carbocycles. The summed E-state index contributed by atoms with van der Waals surface area (Å²) in [5.41, 5.74) is 2.75. The summed E-state index contributed by atoms with van der Waals surface area (Å²) >= 11 is 7.36. The topological polar surface area (TPSA) is 59.4 Å². The van der Waals surface area contributed by atoms with E-state index in [4.69, 9.17) is 21.4 Å². The van der Waals surface area contributed by atoms with Crippen molar-refractivity contribution >= 4 is 29.1 Å². The van der Waals surface area contributed by atoms with Crippen molar-refractivity contribution in [3.63, 3.8) is 0 Å². The van der Waals surface area contributed by atoms with Crippen LogP contribution in [0.4, 0.5) is 8.78 Å². The summed E-state index contributed by atoms with van der Waals surface area (Å²) < 4.78 is 38.1. The Hall–Kier alpha value is -2.51. The fourth-order valence-electron chi connectivity index (χ4n) is 2.74. The highest BCUT2D eigenvalue weighted by Gasteiger charge is 2.19. The van der Waals surface area contributed by atoms with E-state index in [1.165, 1.54) is 11.5 Å². The van der Waals surface area contributed by atoms with Crippen LogP contribution < -0.4 is 4.74 Å². The number of aliphatic carboxylic acids is 1. The minimum absolute atomic E-state index is 0.0289. The van der Waals surface area contributed by atoms with Crippen molar-refractivity contribution in [2.24, 2.45) is 0 Å². The highest BCUT2D eigenvalue weighted by atomic mass is 35.5. The number of carboxylic acids is 1. The summed E-state index contributed by atoms with van der Waals surface area (Å²) in [4.78, 5) is 11.4. The lowest BCUT2D eigenvalue weighted by Gasteiger charge is -2.11. The van der Waals surface area contributed by atoms with Gasteiger partial charge in [-0.25, -0.2) is 8.78 Å². The quantitative estimate of drug-likeness (QED) is 0.533. The molecule has 0 aliphatic rings. The van der Waals surface area contributed by atoms with E-state index in [-0.39, 0.29) is 30.2 Å². The second-order valence-corrected chi connectivity index (χ2v) is 7.30. The highest BCUT2D eigenvalue weighted by molar-refractivity contribution is 7.10. The molecular formula is C20H16ClF2NO3S. The standard InChI is InChI=1S/C20H16ClF2NO3S/c1-11-4-2-3-5-13(11)19-14(20(21)24-28-19)10-27-18-15(22)8-12(9-16(18)23)6-7-17(25)26/h2-5,8-9H,6-7,10H2,1H3,(H,25,26). The van der Waals surface area contributed by atoms with Crippen LogP contribution in [0.5, 0.6) is 5.75 Å². The molecule has 0 amide bonds. The zero-order valence-corrected chi connectivity index (χ0v) is 16.4. The summed E-state index contributed by atoms with van der Waals surface area (Å²) in [6.07, 6.45) is -0.184. The fraction of sp³-hybridized carbons (Fsp3) is 0.200. The van der Waals surface area contributed by atoms with Gasteiger partial charge in [0.2, 0.25) is 0 Å². The summed E-state index contributed by atoms with van der Waals surface area (Å²) in [6.45, 7) is 1.80. The number of benzene rings is 2. The Kier molecular flexibility index (Phi) is 6.26. The molecule has 3 rings (SSSR count). The average Bonchev–Trinajstić information content (AvgIpc) is 3.00. The maximum absolute atomic E-state index is 14.3. The van der Waals surface area contributed by atoms with Gasteiger partial charge in [-0.3, -0.25) is 4.79 Å². The SMILES string of the molecule is Cc1ccccc1-c1snc(Cl)c1COc1c(F)cc(CCC(=O)O)cc1F. The maximum atomic E-state index is 14.3. The molecule has 1 heterocycles. The van der Waals surface area contributed by atoms with E-state index in [9.17, 15) is 13.6 Å². The minimum atomic E-state index is -1.04.